The fraction of sp³-hybridized carbons (Fsp3) is 0.0909. The van der Waals surface area contributed by atoms with Crippen molar-refractivity contribution in [2.75, 3.05) is 4.72 Å². The van der Waals surface area contributed by atoms with Gasteiger partial charge in [0, 0.05) is 5.69 Å². The molecule has 5 nitrogen and oxygen atoms in total. The molecular formula is C11H9N3O2S2. The quantitative estimate of drug-likeness (QED) is 0.932. The van der Waals surface area contributed by atoms with E-state index in [2.05, 4.69) is 9.71 Å². The fourth-order valence-corrected chi connectivity index (χ4v) is 3.42. The van der Waals surface area contributed by atoms with Gasteiger partial charge >= 0.3 is 0 Å². The van der Waals surface area contributed by atoms with E-state index in [0.717, 1.165) is 17.0 Å². The lowest BCUT2D eigenvalue weighted by Gasteiger charge is -2.05. The minimum absolute atomic E-state index is 0.0994. The van der Waals surface area contributed by atoms with E-state index < -0.39 is 10.0 Å². The van der Waals surface area contributed by atoms with Gasteiger partial charge in [0.2, 0.25) is 0 Å². The van der Waals surface area contributed by atoms with Crippen molar-refractivity contribution in [2.45, 2.75) is 11.1 Å². The molecule has 0 atom stereocenters. The van der Waals surface area contributed by atoms with Gasteiger partial charge in [-0.3, -0.25) is 4.72 Å². The van der Waals surface area contributed by atoms with Crippen LogP contribution in [0.15, 0.2) is 34.5 Å². The van der Waals surface area contributed by atoms with Gasteiger partial charge in [0.1, 0.15) is 21.0 Å². The first kappa shape index (κ1) is 12.5. The minimum atomic E-state index is -3.66. The van der Waals surface area contributed by atoms with Crippen LogP contribution in [0.5, 0.6) is 0 Å². The second kappa shape index (κ2) is 4.76. The standard InChI is InChI=1S/C11H9N3O2S2/c1-8-3-2-4-10(13-8)14-18(15,16)11-6-5-9(7-12)17-11/h2-6H,1H3,(H,13,14). The predicted octanol–water partition coefficient (Wildman–Crippen LogP) is 2.12. The number of hydrogen-bond acceptors (Lipinski definition) is 5. The predicted molar refractivity (Wildman–Crippen MR) is 68.8 cm³/mol. The van der Waals surface area contributed by atoms with E-state index in [1.165, 1.54) is 12.1 Å². The molecule has 92 valence electrons. The summed E-state index contributed by atoms with van der Waals surface area (Å²) in [6.45, 7) is 1.77. The summed E-state index contributed by atoms with van der Waals surface area (Å²) in [7, 11) is -3.66. The van der Waals surface area contributed by atoms with Gasteiger partial charge in [-0.25, -0.2) is 13.4 Å². The second-order valence-electron chi connectivity index (χ2n) is 3.50. The van der Waals surface area contributed by atoms with Crippen LogP contribution in [0.3, 0.4) is 0 Å². The summed E-state index contributed by atoms with van der Waals surface area (Å²) in [5, 5.41) is 8.68. The summed E-state index contributed by atoms with van der Waals surface area (Å²) in [4.78, 5) is 4.41. The lowest BCUT2D eigenvalue weighted by atomic mass is 10.4. The molecule has 0 saturated carbocycles. The van der Waals surface area contributed by atoms with Gasteiger partial charge in [0.15, 0.2) is 0 Å². The van der Waals surface area contributed by atoms with E-state index in [1.54, 1.807) is 25.1 Å². The van der Waals surface area contributed by atoms with E-state index in [4.69, 9.17) is 5.26 Å². The highest BCUT2D eigenvalue weighted by Gasteiger charge is 2.17. The highest BCUT2D eigenvalue weighted by molar-refractivity contribution is 7.94. The lowest BCUT2D eigenvalue weighted by molar-refractivity contribution is 0.603. The van der Waals surface area contributed by atoms with Crippen LogP contribution >= 0.6 is 11.3 Å². The van der Waals surface area contributed by atoms with Crippen molar-refractivity contribution in [3.63, 3.8) is 0 Å². The summed E-state index contributed by atoms with van der Waals surface area (Å²) >= 11 is 0.924. The Kier molecular flexibility index (Phi) is 3.32. The monoisotopic (exact) mass is 279 g/mol. The molecule has 2 rings (SSSR count). The molecule has 0 aliphatic heterocycles. The number of thiophene rings is 1. The number of aryl methyl sites for hydroxylation is 1. The highest BCUT2D eigenvalue weighted by atomic mass is 32.2. The van der Waals surface area contributed by atoms with Gasteiger partial charge in [-0.15, -0.1) is 11.3 Å². The molecule has 1 N–H and O–H groups in total. The van der Waals surface area contributed by atoms with Gasteiger partial charge in [-0.2, -0.15) is 5.26 Å². The summed E-state index contributed by atoms with van der Waals surface area (Å²) in [5.74, 6) is 0.266. The molecule has 2 aromatic heterocycles. The van der Waals surface area contributed by atoms with Crippen molar-refractivity contribution in [2.24, 2.45) is 0 Å². The molecule has 0 bridgehead atoms. The molecule has 2 aromatic rings. The SMILES string of the molecule is Cc1cccc(NS(=O)(=O)c2ccc(C#N)s2)n1. The molecule has 0 aliphatic rings. The average molecular weight is 279 g/mol. The van der Waals surface area contributed by atoms with Crippen molar-refractivity contribution >= 4 is 27.2 Å². The zero-order valence-electron chi connectivity index (χ0n) is 9.41. The van der Waals surface area contributed by atoms with Crippen LogP contribution in [0.4, 0.5) is 5.82 Å². The number of nitrogens with one attached hydrogen (secondary N) is 1. The zero-order chi connectivity index (χ0) is 13.2. The number of nitrogens with zero attached hydrogens (tertiary/aromatic N) is 2. The van der Waals surface area contributed by atoms with E-state index in [0.29, 0.717) is 4.88 Å². The highest BCUT2D eigenvalue weighted by Crippen LogP contribution is 2.22. The maximum absolute atomic E-state index is 12.0. The zero-order valence-corrected chi connectivity index (χ0v) is 11.0. The Morgan fingerprint density at radius 1 is 1.33 bits per heavy atom. The lowest BCUT2D eigenvalue weighted by Crippen LogP contribution is -2.12. The molecule has 0 aliphatic carbocycles. The van der Waals surface area contributed by atoms with Crippen LogP contribution in [-0.4, -0.2) is 13.4 Å². The van der Waals surface area contributed by atoms with E-state index in [-0.39, 0.29) is 10.0 Å². The number of rotatable bonds is 3. The number of nitriles is 1. The van der Waals surface area contributed by atoms with E-state index in [1.807, 2.05) is 6.07 Å². The molecule has 0 fully saturated rings. The Morgan fingerprint density at radius 3 is 2.72 bits per heavy atom. The number of aromatic nitrogens is 1. The minimum Gasteiger partial charge on any atom is -0.263 e. The number of sulfonamides is 1. The number of anilines is 1. The van der Waals surface area contributed by atoms with Gasteiger partial charge in [-0.1, -0.05) is 6.07 Å². The largest absolute Gasteiger partial charge is 0.272 e. The Bertz CT molecular complexity index is 714. The third kappa shape index (κ3) is 2.67. The first-order valence-corrected chi connectivity index (χ1v) is 7.28. The van der Waals surface area contributed by atoms with E-state index >= 15 is 0 Å². The summed E-state index contributed by atoms with van der Waals surface area (Å²) < 4.78 is 26.5. The van der Waals surface area contributed by atoms with Crippen molar-refractivity contribution < 1.29 is 8.42 Å². The molecule has 0 unspecified atom stereocenters. The molecular weight excluding hydrogens is 270 g/mol. The Morgan fingerprint density at radius 2 is 2.11 bits per heavy atom. The van der Waals surface area contributed by atoms with Crippen LogP contribution in [0, 0.1) is 18.3 Å². The molecule has 7 heteroatoms. The molecule has 0 aromatic carbocycles. The summed E-state index contributed by atoms with van der Waals surface area (Å²) in [5.41, 5.74) is 0.721. The Balaban J connectivity index is 2.30. The van der Waals surface area contributed by atoms with E-state index in [9.17, 15) is 8.42 Å². The Labute approximate surface area is 109 Å². The second-order valence-corrected chi connectivity index (χ2v) is 6.49. The van der Waals surface area contributed by atoms with Crippen LogP contribution in [0.1, 0.15) is 10.6 Å². The average Bonchev–Trinajstić information content (AvgIpc) is 2.77. The summed E-state index contributed by atoms with van der Waals surface area (Å²) in [6, 6.07) is 9.85. The molecule has 0 amide bonds. The van der Waals surface area contributed by atoms with Gasteiger partial charge in [0.05, 0.1) is 0 Å². The topological polar surface area (TPSA) is 82.9 Å². The van der Waals surface area contributed by atoms with Crippen molar-refractivity contribution in [3.05, 3.63) is 40.9 Å². The maximum Gasteiger partial charge on any atom is 0.272 e. The Hall–Kier alpha value is -1.91. The molecule has 0 radical (unpaired) electrons. The third-order valence-corrected chi connectivity index (χ3v) is 4.92. The normalized spacial score (nSPS) is 10.9. The number of pyridine rings is 1. The molecule has 2 heterocycles. The fourth-order valence-electron chi connectivity index (χ4n) is 1.31. The first-order chi connectivity index (χ1) is 8.51. The smallest absolute Gasteiger partial charge is 0.263 e. The van der Waals surface area contributed by atoms with Crippen molar-refractivity contribution in [1.29, 1.82) is 5.26 Å². The van der Waals surface area contributed by atoms with Gasteiger partial charge < -0.3 is 0 Å². The van der Waals surface area contributed by atoms with Crippen molar-refractivity contribution in [1.82, 2.24) is 4.98 Å². The first-order valence-electron chi connectivity index (χ1n) is 4.98. The molecule has 0 spiro atoms. The van der Waals surface area contributed by atoms with Crippen LogP contribution in [-0.2, 0) is 10.0 Å². The number of hydrogen-bond donors (Lipinski definition) is 1. The van der Waals surface area contributed by atoms with Crippen LogP contribution in [0.2, 0.25) is 0 Å². The molecule has 18 heavy (non-hydrogen) atoms. The van der Waals surface area contributed by atoms with Crippen molar-refractivity contribution in [3.8, 4) is 6.07 Å². The van der Waals surface area contributed by atoms with Gasteiger partial charge in [-0.05, 0) is 31.2 Å². The maximum atomic E-state index is 12.0. The summed E-state index contributed by atoms with van der Waals surface area (Å²) in [6.07, 6.45) is 0. The third-order valence-electron chi connectivity index (χ3n) is 2.08. The van der Waals surface area contributed by atoms with Crippen LogP contribution < -0.4 is 4.72 Å². The van der Waals surface area contributed by atoms with Gasteiger partial charge in [0.25, 0.3) is 10.0 Å². The van der Waals surface area contributed by atoms with Crippen LogP contribution in [0.25, 0.3) is 0 Å². The molecule has 0 saturated heterocycles.